The summed E-state index contributed by atoms with van der Waals surface area (Å²) in [6.07, 6.45) is 1.09. The summed E-state index contributed by atoms with van der Waals surface area (Å²) >= 11 is 7.66. The third-order valence-corrected chi connectivity index (χ3v) is 5.33. The zero-order valence-corrected chi connectivity index (χ0v) is 17.0. The van der Waals surface area contributed by atoms with Crippen molar-refractivity contribution >= 4 is 45.0 Å². The Morgan fingerprint density at radius 1 is 1.19 bits per heavy atom. The highest BCUT2D eigenvalue weighted by Gasteiger charge is 2.09. The Hall–Kier alpha value is -1.70. The van der Waals surface area contributed by atoms with E-state index >= 15 is 0 Å². The van der Waals surface area contributed by atoms with Crippen LogP contribution in [0.15, 0.2) is 42.5 Å². The van der Waals surface area contributed by atoms with Crippen LogP contribution in [-0.2, 0) is 15.8 Å². The van der Waals surface area contributed by atoms with Crippen LogP contribution in [0.2, 0.25) is 5.02 Å². The van der Waals surface area contributed by atoms with Gasteiger partial charge in [-0.25, -0.2) is 8.42 Å². The molecule has 26 heavy (non-hydrogen) atoms. The predicted octanol–water partition coefficient (Wildman–Crippen LogP) is 3.68. The van der Waals surface area contributed by atoms with Gasteiger partial charge in [0.2, 0.25) is 10.0 Å². The lowest BCUT2D eigenvalue weighted by Gasteiger charge is -2.10. The summed E-state index contributed by atoms with van der Waals surface area (Å²) in [5.74, 6) is 1.44. The van der Waals surface area contributed by atoms with E-state index in [9.17, 15) is 13.2 Å². The summed E-state index contributed by atoms with van der Waals surface area (Å²) in [4.78, 5) is 12.2. The maximum absolute atomic E-state index is 12.2. The smallest absolute Gasteiger partial charge is 0.251 e. The summed E-state index contributed by atoms with van der Waals surface area (Å²) in [5, 5.41) is 3.59. The molecule has 8 heteroatoms. The third-order valence-electron chi connectivity index (χ3n) is 3.47. The molecular formula is C18H21ClN2O3S2. The standard InChI is InChI=1S/C18H21ClN2O3S2/c1-13-10-15(6-7-17(13)21-26(2,23)24)18(22)20-8-9-25-12-14-4-3-5-16(19)11-14/h3-7,10-11,21H,8-9,12H2,1-2H3,(H,20,22). The van der Waals surface area contributed by atoms with Crippen molar-refractivity contribution < 1.29 is 13.2 Å². The van der Waals surface area contributed by atoms with Crippen LogP contribution < -0.4 is 10.0 Å². The minimum atomic E-state index is -3.34. The number of thioether (sulfide) groups is 1. The molecule has 0 bridgehead atoms. The summed E-state index contributed by atoms with van der Waals surface area (Å²) in [7, 11) is -3.34. The summed E-state index contributed by atoms with van der Waals surface area (Å²) in [5.41, 5.74) is 2.82. The number of rotatable bonds is 8. The van der Waals surface area contributed by atoms with Gasteiger partial charge in [-0.15, -0.1) is 0 Å². The third kappa shape index (κ3) is 6.90. The van der Waals surface area contributed by atoms with E-state index in [2.05, 4.69) is 10.0 Å². The van der Waals surface area contributed by atoms with Crippen molar-refractivity contribution in [1.82, 2.24) is 5.32 Å². The number of nitrogens with one attached hydrogen (secondary N) is 2. The molecule has 140 valence electrons. The molecule has 2 rings (SSSR count). The largest absolute Gasteiger partial charge is 0.351 e. The van der Waals surface area contributed by atoms with E-state index in [1.54, 1.807) is 36.9 Å². The molecular weight excluding hydrogens is 392 g/mol. The van der Waals surface area contributed by atoms with Crippen molar-refractivity contribution in [3.8, 4) is 0 Å². The number of carbonyl (C=O) groups is 1. The molecule has 2 aromatic rings. The first kappa shape index (κ1) is 20.6. The SMILES string of the molecule is Cc1cc(C(=O)NCCSCc2cccc(Cl)c2)ccc1NS(C)(=O)=O. The monoisotopic (exact) mass is 412 g/mol. The van der Waals surface area contributed by atoms with Crippen molar-refractivity contribution in [2.45, 2.75) is 12.7 Å². The minimum Gasteiger partial charge on any atom is -0.351 e. The first-order valence-electron chi connectivity index (χ1n) is 7.93. The summed E-state index contributed by atoms with van der Waals surface area (Å²) in [6.45, 7) is 2.30. The zero-order chi connectivity index (χ0) is 19.2. The van der Waals surface area contributed by atoms with Crippen LogP contribution in [0.1, 0.15) is 21.5 Å². The Bertz CT molecular complexity index is 886. The maximum Gasteiger partial charge on any atom is 0.251 e. The van der Waals surface area contributed by atoms with Crippen molar-refractivity contribution in [2.75, 3.05) is 23.3 Å². The number of benzene rings is 2. The van der Waals surface area contributed by atoms with Crippen LogP contribution >= 0.6 is 23.4 Å². The number of carbonyl (C=O) groups excluding carboxylic acids is 1. The molecule has 1 amide bonds. The first-order chi connectivity index (χ1) is 12.2. The fourth-order valence-corrected chi connectivity index (χ4v) is 3.92. The predicted molar refractivity (Wildman–Crippen MR) is 110 cm³/mol. The highest BCUT2D eigenvalue weighted by Crippen LogP contribution is 2.18. The number of amides is 1. The molecule has 0 aromatic heterocycles. The van der Waals surface area contributed by atoms with Gasteiger partial charge in [0.15, 0.2) is 0 Å². The minimum absolute atomic E-state index is 0.178. The molecule has 0 unspecified atom stereocenters. The van der Waals surface area contributed by atoms with E-state index in [1.807, 2.05) is 24.3 Å². The highest BCUT2D eigenvalue weighted by molar-refractivity contribution is 7.98. The Kier molecular flexibility index (Phi) is 7.37. The molecule has 0 spiro atoms. The van der Waals surface area contributed by atoms with Crippen molar-refractivity contribution in [2.24, 2.45) is 0 Å². The Morgan fingerprint density at radius 3 is 2.62 bits per heavy atom. The second-order valence-electron chi connectivity index (χ2n) is 5.84. The van der Waals surface area contributed by atoms with Gasteiger partial charge < -0.3 is 5.32 Å². The number of sulfonamides is 1. The molecule has 0 aliphatic rings. The molecule has 0 aliphatic heterocycles. The molecule has 0 saturated carbocycles. The Balaban J connectivity index is 1.80. The van der Waals surface area contributed by atoms with Crippen molar-refractivity contribution in [1.29, 1.82) is 0 Å². The quantitative estimate of drug-likeness (QED) is 0.648. The van der Waals surface area contributed by atoms with Crippen LogP contribution in [0.5, 0.6) is 0 Å². The fraction of sp³-hybridized carbons (Fsp3) is 0.278. The maximum atomic E-state index is 12.2. The number of hydrogen-bond acceptors (Lipinski definition) is 4. The van der Waals surface area contributed by atoms with Gasteiger partial charge in [0.1, 0.15) is 0 Å². The van der Waals surface area contributed by atoms with Gasteiger partial charge in [0, 0.05) is 28.6 Å². The second-order valence-corrected chi connectivity index (χ2v) is 9.13. The Morgan fingerprint density at radius 2 is 1.96 bits per heavy atom. The van der Waals surface area contributed by atoms with E-state index < -0.39 is 10.0 Å². The number of halogens is 1. The first-order valence-corrected chi connectivity index (χ1v) is 11.4. The number of hydrogen-bond donors (Lipinski definition) is 2. The van der Waals surface area contributed by atoms with E-state index in [0.717, 1.165) is 28.3 Å². The topological polar surface area (TPSA) is 75.3 Å². The average molecular weight is 413 g/mol. The van der Waals surface area contributed by atoms with Crippen LogP contribution in [0.25, 0.3) is 0 Å². The molecule has 0 fully saturated rings. The normalized spacial score (nSPS) is 11.2. The number of aryl methyl sites for hydroxylation is 1. The van der Waals surface area contributed by atoms with Crippen LogP contribution in [0.3, 0.4) is 0 Å². The van der Waals surface area contributed by atoms with E-state index in [-0.39, 0.29) is 5.91 Å². The molecule has 0 aliphatic carbocycles. The molecule has 2 N–H and O–H groups in total. The highest BCUT2D eigenvalue weighted by atomic mass is 35.5. The van der Waals surface area contributed by atoms with Crippen molar-refractivity contribution in [3.63, 3.8) is 0 Å². The lowest BCUT2D eigenvalue weighted by atomic mass is 10.1. The van der Waals surface area contributed by atoms with Gasteiger partial charge in [-0.3, -0.25) is 9.52 Å². The van der Waals surface area contributed by atoms with Gasteiger partial charge >= 0.3 is 0 Å². The van der Waals surface area contributed by atoms with Gasteiger partial charge in [-0.2, -0.15) is 11.8 Å². The zero-order valence-electron chi connectivity index (χ0n) is 14.6. The summed E-state index contributed by atoms with van der Waals surface area (Å²) < 4.78 is 25.0. The van der Waals surface area contributed by atoms with Gasteiger partial charge in [0.25, 0.3) is 5.91 Å². The van der Waals surface area contributed by atoms with E-state index in [1.165, 1.54) is 0 Å². The summed E-state index contributed by atoms with van der Waals surface area (Å²) in [6, 6.07) is 12.6. The van der Waals surface area contributed by atoms with Crippen LogP contribution in [0.4, 0.5) is 5.69 Å². The molecule has 0 saturated heterocycles. The fourth-order valence-electron chi connectivity index (χ4n) is 2.27. The van der Waals surface area contributed by atoms with Gasteiger partial charge in [-0.05, 0) is 48.4 Å². The molecule has 2 aromatic carbocycles. The average Bonchev–Trinajstić information content (AvgIpc) is 2.55. The lowest BCUT2D eigenvalue weighted by molar-refractivity contribution is 0.0956. The van der Waals surface area contributed by atoms with E-state index in [4.69, 9.17) is 11.6 Å². The molecule has 0 radical (unpaired) electrons. The van der Waals surface area contributed by atoms with Crippen LogP contribution in [0, 0.1) is 6.92 Å². The Labute approximate surface area is 163 Å². The molecule has 0 atom stereocenters. The van der Waals surface area contributed by atoms with Gasteiger partial charge in [0.05, 0.1) is 11.9 Å². The van der Waals surface area contributed by atoms with Gasteiger partial charge in [-0.1, -0.05) is 23.7 Å². The van der Waals surface area contributed by atoms with Crippen LogP contribution in [-0.4, -0.2) is 32.9 Å². The molecule has 0 heterocycles. The van der Waals surface area contributed by atoms with Crippen molar-refractivity contribution in [3.05, 3.63) is 64.2 Å². The second kappa shape index (κ2) is 9.30. The lowest BCUT2D eigenvalue weighted by Crippen LogP contribution is -2.26. The number of anilines is 1. The van der Waals surface area contributed by atoms with E-state index in [0.29, 0.717) is 23.4 Å². The molecule has 5 nitrogen and oxygen atoms in total.